The van der Waals surface area contributed by atoms with Crippen LogP contribution in [0.25, 0.3) is 0 Å². The van der Waals surface area contributed by atoms with Crippen molar-refractivity contribution in [2.24, 2.45) is 0 Å². The second kappa shape index (κ2) is 9.05. The summed E-state index contributed by atoms with van der Waals surface area (Å²) in [7, 11) is -2.37. The number of hydrogen-bond donors (Lipinski definition) is 1. The number of nitrogens with zero attached hydrogens (tertiary/aromatic N) is 2. The Morgan fingerprint density at radius 1 is 1.19 bits per heavy atom. The molecule has 1 amide bonds. The number of carbonyl (C=O) groups excluding carboxylic acids is 1. The number of benzene rings is 1. The number of rotatable bonds is 8. The minimum atomic E-state index is -3.74. The third kappa shape index (κ3) is 5.44. The first-order chi connectivity index (χ1) is 12.6. The Kier molecular flexibility index (Phi) is 7.27. The molecule has 0 aliphatic heterocycles. The fourth-order valence-corrected chi connectivity index (χ4v) is 5.48. The van der Waals surface area contributed by atoms with E-state index in [0.717, 1.165) is 27.9 Å². The van der Waals surface area contributed by atoms with Crippen LogP contribution in [0.2, 0.25) is 4.34 Å². The molecule has 0 saturated carbocycles. The van der Waals surface area contributed by atoms with Crippen LogP contribution < -0.4 is 10.2 Å². The largest absolute Gasteiger partial charge is 0.369 e. The number of likely N-dealkylation sites (N-methyl/N-ethyl adjacent to an activating group) is 1. The number of thiophene rings is 1. The lowest BCUT2D eigenvalue weighted by Crippen LogP contribution is -2.34. The number of sulfonamides is 1. The smallest absolute Gasteiger partial charge is 0.252 e. The zero-order valence-electron chi connectivity index (χ0n) is 15.8. The summed E-state index contributed by atoms with van der Waals surface area (Å²) >= 11 is 6.76. The van der Waals surface area contributed by atoms with Gasteiger partial charge in [-0.25, -0.2) is 8.42 Å². The quantitative estimate of drug-likeness (QED) is 0.690. The van der Waals surface area contributed by atoms with E-state index in [2.05, 4.69) is 31.0 Å². The van der Waals surface area contributed by atoms with E-state index >= 15 is 0 Å². The van der Waals surface area contributed by atoms with Crippen LogP contribution in [-0.4, -0.2) is 44.8 Å². The molecule has 1 heterocycles. The maximum atomic E-state index is 12.4. The van der Waals surface area contributed by atoms with E-state index in [-0.39, 0.29) is 10.8 Å². The summed E-state index contributed by atoms with van der Waals surface area (Å²) in [4.78, 5) is 14.5. The number of amides is 1. The number of carbonyl (C=O) groups is 1. The van der Waals surface area contributed by atoms with E-state index in [4.69, 9.17) is 11.6 Å². The van der Waals surface area contributed by atoms with Gasteiger partial charge in [-0.1, -0.05) is 11.6 Å². The number of hydrogen-bond acceptors (Lipinski definition) is 5. The molecule has 0 aliphatic rings. The van der Waals surface area contributed by atoms with E-state index in [0.29, 0.717) is 16.1 Å². The molecule has 148 valence electrons. The molecule has 0 unspecified atom stereocenters. The highest BCUT2D eigenvalue weighted by atomic mass is 35.5. The van der Waals surface area contributed by atoms with Crippen molar-refractivity contribution in [2.45, 2.75) is 31.0 Å². The lowest BCUT2D eigenvalue weighted by atomic mass is 10.2. The van der Waals surface area contributed by atoms with E-state index < -0.39 is 15.9 Å². The van der Waals surface area contributed by atoms with Crippen LogP contribution in [0.5, 0.6) is 0 Å². The molecule has 0 saturated heterocycles. The first kappa shape index (κ1) is 21.7. The van der Waals surface area contributed by atoms with Gasteiger partial charge < -0.3 is 10.2 Å². The molecule has 0 fully saturated rings. The summed E-state index contributed by atoms with van der Waals surface area (Å²) < 4.78 is 26.4. The molecule has 1 aromatic heterocycles. The fourth-order valence-electron chi connectivity index (χ4n) is 2.66. The van der Waals surface area contributed by atoms with Crippen molar-refractivity contribution in [3.63, 3.8) is 0 Å². The molecular weight excluding hydrogens is 406 g/mol. The van der Waals surface area contributed by atoms with Crippen LogP contribution in [-0.2, 0) is 14.8 Å². The van der Waals surface area contributed by atoms with Gasteiger partial charge in [0.15, 0.2) is 0 Å². The fraction of sp³-hybridized carbons (Fsp3) is 0.389. The standard InChI is InChI=1S/C18H24ClN3O3S2/c1-5-22(13(2)3)15-8-6-14(7-9-15)20-17(23)12-21(4)27(24,25)18-11-10-16(19)26-18/h6-11,13H,5,12H2,1-4H3,(H,20,23). The maximum Gasteiger partial charge on any atom is 0.252 e. The van der Waals surface area contributed by atoms with Crippen LogP contribution in [0.3, 0.4) is 0 Å². The van der Waals surface area contributed by atoms with Crippen molar-refractivity contribution in [2.75, 3.05) is 30.4 Å². The highest BCUT2D eigenvalue weighted by Crippen LogP contribution is 2.27. The summed E-state index contributed by atoms with van der Waals surface area (Å²) in [5.74, 6) is -0.410. The van der Waals surface area contributed by atoms with Crippen LogP contribution in [0.4, 0.5) is 11.4 Å². The van der Waals surface area contributed by atoms with E-state index in [9.17, 15) is 13.2 Å². The zero-order valence-corrected chi connectivity index (χ0v) is 18.2. The predicted octanol–water partition coefficient (Wildman–Crippen LogP) is 3.90. The highest BCUT2D eigenvalue weighted by molar-refractivity contribution is 7.91. The molecule has 0 aliphatic carbocycles. The van der Waals surface area contributed by atoms with Gasteiger partial charge in [0, 0.05) is 31.0 Å². The Labute approximate surface area is 169 Å². The molecule has 2 rings (SSSR count). The van der Waals surface area contributed by atoms with Gasteiger partial charge in [-0.3, -0.25) is 4.79 Å². The van der Waals surface area contributed by atoms with Crippen molar-refractivity contribution in [1.82, 2.24) is 4.31 Å². The molecule has 0 radical (unpaired) electrons. The minimum absolute atomic E-state index is 0.112. The van der Waals surface area contributed by atoms with Crippen molar-refractivity contribution < 1.29 is 13.2 Å². The average molecular weight is 430 g/mol. The second-order valence-electron chi connectivity index (χ2n) is 6.29. The molecule has 1 N–H and O–H groups in total. The third-order valence-electron chi connectivity index (χ3n) is 4.03. The normalized spacial score (nSPS) is 11.8. The molecular formula is C18H24ClN3O3S2. The Bertz CT molecular complexity index is 880. The molecule has 0 bridgehead atoms. The first-order valence-corrected chi connectivity index (χ1v) is 11.2. The number of nitrogens with one attached hydrogen (secondary N) is 1. The lowest BCUT2D eigenvalue weighted by Gasteiger charge is -2.27. The molecule has 9 heteroatoms. The molecule has 27 heavy (non-hydrogen) atoms. The zero-order chi connectivity index (χ0) is 20.2. The van der Waals surface area contributed by atoms with Crippen LogP contribution in [0.1, 0.15) is 20.8 Å². The van der Waals surface area contributed by atoms with E-state index in [1.807, 2.05) is 24.3 Å². The Hall–Kier alpha value is -1.61. The molecule has 6 nitrogen and oxygen atoms in total. The summed E-state index contributed by atoms with van der Waals surface area (Å²) in [6.45, 7) is 6.94. The van der Waals surface area contributed by atoms with Gasteiger partial charge in [-0.2, -0.15) is 4.31 Å². The molecule has 1 aromatic carbocycles. The first-order valence-electron chi connectivity index (χ1n) is 8.53. The van der Waals surface area contributed by atoms with Gasteiger partial charge >= 0.3 is 0 Å². The second-order valence-corrected chi connectivity index (χ2v) is 10.3. The topological polar surface area (TPSA) is 69.7 Å². The van der Waals surface area contributed by atoms with Gasteiger partial charge in [0.25, 0.3) is 10.0 Å². The minimum Gasteiger partial charge on any atom is -0.369 e. The van der Waals surface area contributed by atoms with Gasteiger partial charge in [0.2, 0.25) is 5.91 Å². The molecule has 2 aromatic rings. The lowest BCUT2D eigenvalue weighted by molar-refractivity contribution is -0.116. The Balaban J connectivity index is 2.01. The average Bonchev–Trinajstić information content (AvgIpc) is 3.04. The summed E-state index contributed by atoms with van der Waals surface area (Å²) in [5, 5.41) is 2.73. The summed E-state index contributed by atoms with van der Waals surface area (Å²) in [5.41, 5.74) is 1.69. The number of halogens is 1. The van der Waals surface area contributed by atoms with Crippen molar-refractivity contribution in [1.29, 1.82) is 0 Å². The van der Waals surface area contributed by atoms with Gasteiger partial charge in [0.1, 0.15) is 4.21 Å². The summed E-state index contributed by atoms with van der Waals surface area (Å²) in [6.07, 6.45) is 0. The molecule has 0 atom stereocenters. The SMILES string of the molecule is CCN(c1ccc(NC(=O)CN(C)S(=O)(=O)c2ccc(Cl)s2)cc1)C(C)C. The van der Waals surface area contributed by atoms with Crippen LogP contribution in [0, 0.1) is 0 Å². The monoisotopic (exact) mass is 429 g/mol. The van der Waals surface area contributed by atoms with Crippen molar-refractivity contribution in [3.8, 4) is 0 Å². The third-order valence-corrected chi connectivity index (χ3v) is 7.53. The van der Waals surface area contributed by atoms with Gasteiger partial charge in [-0.05, 0) is 57.2 Å². The van der Waals surface area contributed by atoms with Crippen molar-refractivity contribution in [3.05, 3.63) is 40.7 Å². The Morgan fingerprint density at radius 2 is 1.81 bits per heavy atom. The van der Waals surface area contributed by atoms with E-state index in [1.165, 1.54) is 19.2 Å². The number of anilines is 2. The van der Waals surface area contributed by atoms with Crippen molar-refractivity contribution >= 4 is 50.2 Å². The van der Waals surface area contributed by atoms with Crippen LogP contribution >= 0.6 is 22.9 Å². The van der Waals surface area contributed by atoms with Crippen LogP contribution in [0.15, 0.2) is 40.6 Å². The molecule has 0 spiro atoms. The Morgan fingerprint density at radius 3 is 2.30 bits per heavy atom. The predicted molar refractivity (Wildman–Crippen MR) is 112 cm³/mol. The summed E-state index contributed by atoms with van der Waals surface area (Å²) in [6, 6.07) is 10.8. The van der Waals surface area contributed by atoms with Gasteiger partial charge in [-0.15, -0.1) is 11.3 Å². The van der Waals surface area contributed by atoms with E-state index in [1.54, 1.807) is 0 Å². The highest BCUT2D eigenvalue weighted by Gasteiger charge is 2.24. The van der Waals surface area contributed by atoms with Gasteiger partial charge in [0.05, 0.1) is 10.9 Å². The maximum absolute atomic E-state index is 12.4.